The number of morpholine rings is 1. The Morgan fingerprint density at radius 1 is 1.27 bits per heavy atom. The number of anilines is 3. The fraction of sp³-hybridized carbons (Fsp3) is 0.350. The average Bonchev–Trinajstić information content (AvgIpc) is 3.15. The molecular formula is C20H20ClFN6OS. The van der Waals surface area contributed by atoms with Crippen molar-refractivity contribution in [2.24, 2.45) is 0 Å². The Morgan fingerprint density at radius 3 is 2.87 bits per heavy atom. The third-order valence-electron chi connectivity index (χ3n) is 4.72. The zero-order valence-electron chi connectivity index (χ0n) is 16.1. The number of nitrogens with one attached hydrogen (secondary N) is 2. The molecule has 0 unspecified atom stereocenters. The summed E-state index contributed by atoms with van der Waals surface area (Å²) in [6, 6.07) is 8.20. The fourth-order valence-electron chi connectivity index (χ4n) is 3.17. The first-order chi connectivity index (χ1) is 14.6. The maximum Gasteiger partial charge on any atom is 0.185 e. The molecular weight excluding hydrogens is 427 g/mol. The molecule has 1 aromatic carbocycles. The van der Waals surface area contributed by atoms with Crippen molar-refractivity contribution in [3.8, 4) is 6.07 Å². The standard InChI is InChI=1S/C20H20ClFN6OS/c21-14-10-13(2-3-15(14)22)25-16-11-18-19(26-17(16)12-23)27-20(30-18)24-4-1-5-28-6-8-29-9-7-28/h2-3,10-11,25H,1,4-9H2,(H,24,26,27). The molecule has 3 heterocycles. The van der Waals surface area contributed by atoms with Crippen molar-refractivity contribution in [1.82, 2.24) is 14.9 Å². The lowest BCUT2D eigenvalue weighted by atomic mass is 10.2. The van der Waals surface area contributed by atoms with E-state index in [0.29, 0.717) is 17.0 Å². The molecule has 4 rings (SSSR count). The normalized spacial score (nSPS) is 14.6. The van der Waals surface area contributed by atoms with Gasteiger partial charge in [0.15, 0.2) is 16.5 Å². The van der Waals surface area contributed by atoms with Crippen LogP contribution in [0.15, 0.2) is 24.3 Å². The van der Waals surface area contributed by atoms with Crippen molar-refractivity contribution in [3.63, 3.8) is 0 Å². The Kier molecular flexibility index (Phi) is 6.59. The number of hydrogen-bond acceptors (Lipinski definition) is 8. The van der Waals surface area contributed by atoms with Crippen LogP contribution in [0.1, 0.15) is 12.1 Å². The summed E-state index contributed by atoms with van der Waals surface area (Å²) in [6.45, 7) is 5.40. The molecule has 0 aliphatic carbocycles. The van der Waals surface area contributed by atoms with Crippen LogP contribution in [-0.2, 0) is 4.74 Å². The van der Waals surface area contributed by atoms with E-state index in [9.17, 15) is 9.65 Å². The fourth-order valence-corrected chi connectivity index (χ4v) is 4.23. The minimum atomic E-state index is -0.497. The molecule has 3 aromatic rings. The molecule has 156 valence electrons. The average molecular weight is 447 g/mol. The van der Waals surface area contributed by atoms with E-state index in [4.69, 9.17) is 16.3 Å². The van der Waals surface area contributed by atoms with Gasteiger partial charge < -0.3 is 15.4 Å². The Balaban J connectivity index is 1.43. The Labute approximate surface area is 182 Å². The van der Waals surface area contributed by atoms with E-state index in [1.54, 1.807) is 6.07 Å². The number of pyridine rings is 1. The molecule has 0 bridgehead atoms. The van der Waals surface area contributed by atoms with Gasteiger partial charge in [0.25, 0.3) is 0 Å². The molecule has 0 spiro atoms. The van der Waals surface area contributed by atoms with E-state index in [1.165, 1.54) is 23.5 Å². The van der Waals surface area contributed by atoms with Crippen LogP contribution in [0, 0.1) is 17.1 Å². The van der Waals surface area contributed by atoms with Gasteiger partial charge in [-0.25, -0.2) is 14.4 Å². The van der Waals surface area contributed by atoms with E-state index in [1.807, 2.05) is 6.07 Å². The Bertz CT molecular complexity index is 1080. The van der Waals surface area contributed by atoms with Crippen LogP contribution in [0.3, 0.4) is 0 Å². The molecule has 1 aliphatic rings. The number of fused-ring (bicyclic) bond motifs is 1. The number of ether oxygens (including phenoxy) is 1. The highest BCUT2D eigenvalue weighted by Gasteiger charge is 2.13. The third kappa shape index (κ3) is 4.96. The Morgan fingerprint density at radius 2 is 2.10 bits per heavy atom. The molecule has 10 heteroatoms. The molecule has 2 aromatic heterocycles. The number of nitrogens with zero attached hydrogens (tertiary/aromatic N) is 4. The van der Waals surface area contributed by atoms with E-state index in [2.05, 4.69) is 31.6 Å². The number of aromatic nitrogens is 2. The lowest BCUT2D eigenvalue weighted by Gasteiger charge is -2.26. The van der Waals surface area contributed by atoms with E-state index < -0.39 is 5.82 Å². The predicted molar refractivity (Wildman–Crippen MR) is 117 cm³/mol. The predicted octanol–water partition coefficient (Wildman–Crippen LogP) is 4.23. The number of halogens is 2. The summed E-state index contributed by atoms with van der Waals surface area (Å²) in [5.41, 5.74) is 1.84. The van der Waals surface area contributed by atoms with Crippen LogP contribution in [0.5, 0.6) is 0 Å². The van der Waals surface area contributed by atoms with Crippen molar-refractivity contribution >= 4 is 49.8 Å². The third-order valence-corrected chi connectivity index (χ3v) is 5.96. The van der Waals surface area contributed by atoms with Gasteiger partial charge in [0.1, 0.15) is 11.9 Å². The summed E-state index contributed by atoms with van der Waals surface area (Å²) in [5, 5.41) is 16.7. The summed E-state index contributed by atoms with van der Waals surface area (Å²) in [4.78, 5) is 11.2. The lowest BCUT2D eigenvalue weighted by Crippen LogP contribution is -2.37. The topological polar surface area (TPSA) is 86.1 Å². The van der Waals surface area contributed by atoms with E-state index in [-0.39, 0.29) is 10.7 Å². The van der Waals surface area contributed by atoms with Gasteiger partial charge in [-0.05, 0) is 37.2 Å². The van der Waals surface area contributed by atoms with Gasteiger partial charge in [-0.2, -0.15) is 5.26 Å². The molecule has 30 heavy (non-hydrogen) atoms. The summed E-state index contributed by atoms with van der Waals surface area (Å²) in [6.07, 6.45) is 1.00. The first kappa shape index (κ1) is 20.8. The van der Waals surface area contributed by atoms with Crippen LogP contribution in [0.25, 0.3) is 10.3 Å². The summed E-state index contributed by atoms with van der Waals surface area (Å²) < 4.78 is 19.6. The van der Waals surface area contributed by atoms with E-state index >= 15 is 0 Å². The summed E-state index contributed by atoms with van der Waals surface area (Å²) in [7, 11) is 0. The maximum atomic E-state index is 13.4. The van der Waals surface area contributed by atoms with Crippen LogP contribution < -0.4 is 10.6 Å². The van der Waals surface area contributed by atoms with Gasteiger partial charge in [0, 0.05) is 25.3 Å². The molecule has 1 aliphatic heterocycles. The highest BCUT2D eigenvalue weighted by atomic mass is 35.5. The van der Waals surface area contributed by atoms with E-state index in [0.717, 1.165) is 55.6 Å². The second kappa shape index (κ2) is 9.53. The van der Waals surface area contributed by atoms with Gasteiger partial charge in [-0.15, -0.1) is 0 Å². The Hall–Kier alpha value is -2.51. The molecule has 1 fully saturated rings. The van der Waals surface area contributed by atoms with Crippen LogP contribution in [-0.4, -0.2) is 54.3 Å². The molecule has 2 N–H and O–H groups in total. The largest absolute Gasteiger partial charge is 0.379 e. The number of rotatable bonds is 7. The monoisotopic (exact) mass is 446 g/mol. The lowest BCUT2D eigenvalue weighted by molar-refractivity contribution is 0.0378. The highest BCUT2D eigenvalue weighted by molar-refractivity contribution is 7.22. The van der Waals surface area contributed by atoms with Crippen molar-refractivity contribution in [3.05, 3.63) is 40.8 Å². The van der Waals surface area contributed by atoms with Crippen molar-refractivity contribution < 1.29 is 9.13 Å². The second-order valence-corrected chi connectivity index (χ2v) is 8.26. The SMILES string of the molecule is N#Cc1nc2nc(NCCCN3CCOCC3)sc2cc1Nc1ccc(F)c(Cl)c1. The molecule has 0 radical (unpaired) electrons. The van der Waals surface area contributed by atoms with Gasteiger partial charge in [-0.3, -0.25) is 4.90 Å². The smallest absolute Gasteiger partial charge is 0.185 e. The van der Waals surface area contributed by atoms with Crippen LogP contribution in [0.2, 0.25) is 5.02 Å². The summed E-state index contributed by atoms with van der Waals surface area (Å²) in [5.74, 6) is -0.497. The maximum absolute atomic E-state index is 13.4. The van der Waals surface area contributed by atoms with Crippen molar-refractivity contribution in [2.75, 3.05) is 50.0 Å². The van der Waals surface area contributed by atoms with Crippen molar-refractivity contribution in [1.29, 1.82) is 5.26 Å². The minimum Gasteiger partial charge on any atom is -0.379 e. The number of thiazole rings is 1. The quantitative estimate of drug-likeness (QED) is 0.525. The molecule has 7 nitrogen and oxygen atoms in total. The highest BCUT2D eigenvalue weighted by Crippen LogP contribution is 2.31. The summed E-state index contributed by atoms with van der Waals surface area (Å²) >= 11 is 7.32. The van der Waals surface area contributed by atoms with Crippen LogP contribution >= 0.6 is 22.9 Å². The molecule has 0 atom stereocenters. The number of benzene rings is 1. The van der Waals surface area contributed by atoms with Crippen molar-refractivity contribution in [2.45, 2.75) is 6.42 Å². The van der Waals surface area contributed by atoms with Crippen LogP contribution in [0.4, 0.5) is 20.9 Å². The van der Waals surface area contributed by atoms with Gasteiger partial charge in [0.05, 0.1) is 28.6 Å². The molecule has 0 saturated carbocycles. The van der Waals surface area contributed by atoms with Gasteiger partial charge >= 0.3 is 0 Å². The molecule has 1 saturated heterocycles. The second-order valence-electron chi connectivity index (χ2n) is 6.83. The first-order valence-corrected chi connectivity index (χ1v) is 10.8. The van der Waals surface area contributed by atoms with Gasteiger partial charge in [-0.1, -0.05) is 22.9 Å². The number of hydrogen-bond donors (Lipinski definition) is 2. The zero-order chi connectivity index (χ0) is 20.9. The minimum absolute atomic E-state index is 0.00824. The first-order valence-electron chi connectivity index (χ1n) is 9.60. The number of nitriles is 1. The molecule has 0 amide bonds. The zero-order valence-corrected chi connectivity index (χ0v) is 17.7. The van der Waals surface area contributed by atoms with Gasteiger partial charge in [0.2, 0.25) is 0 Å².